The molecule has 142 valence electrons. The summed E-state index contributed by atoms with van der Waals surface area (Å²) in [5, 5.41) is 11.6. The van der Waals surface area contributed by atoms with E-state index in [1.54, 1.807) is 53.4 Å². The largest absolute Gasteiger partial charge is 0.342 e. The van der Waals surface area contributed by atoms with Crippen LogP contribution < -0.4 is 5.32 Å². The average molecular weight is 393 g/mol. The number of nitrogens with one attached hydrogen (secondary N) is 1. The number of rotatable bonds is 7. The van der Waals surface area contributed by atoms with Gasteiger partial charge in [0.1, 0.15) is 12.1 Å². The van der Waals surface area contributed by atoms with Crippen molar-refractivity contribution >= 4 is 23.3 Å². The maximum atomic E-state index is 12.8. The summed E-state index contributed by atoms with van der Waals surface area (Å²) >= 11 is 1.73. The van der Waals surface area contributed by atoms with Crippen molar-refractivity contribution in [2.24, 2.45) is 0 Å². The van der Waals surface area contributed by atoms with Crippen molar-refractivity contribution in [2.75, 3.05) is 12.0 Å². The van der Waals surface area contributed by atoms with E-state index in [9.17, 15) is 4.79 Å². The Balaban J connectivity index is 1.55. The number of hydrogen-bond donors (Lipinski definition) is 1. The molecule has 8 nitrogen and oxygen atoms in total. The third-order valence-electron chi connectivity index (χ3n) is 4.35. The van der Waals surface area contributed by atoms with Crippen LogP contribution in [0.3, 0.4) is 0 Å². The quantitative estimate of drug-likeness (QED) is 0.519. The summed E-state index contributed by atoms with van der Waals surface area (Å²) in [6, 6.07) is 9.03. The fraction of sp³-hybridized carbons (Fsp3) is 0.211. The molecule has 9 heteroatoms. The van der Waals surface area contributed by atoms with Gasteiger partial charge in [-0.1, -0.05) is 6.07 Å². The van der Waals surface area contributed by atoms with Gasteiger partial charge in [0.05, 0.1) is 11.6 Å². The molecule has 28 heavy (non-hydrogen) atoms. The molecule has 0 radical (unpaired) electrons. The number of thioether (sulfide) groups is 1. The molecule has 4 aromatic heterocycles. The summed E-state index contributed by atoms with van der Waals surface area (Å²) in [6.45, 7) is 0. The minimum Gasteiger partial charge on any atom is -0.342 e. The lowest BCUT2D eigenvalue weighted by Gasteiger charge is -2.17. The first-order valence-corrected chi connectivity index (χ1v) is 10.2. The predicted molar refractivity (Wildman–Crippen MR) is 108 cm³/mol. The Morgan fingerprint density at radius 1 is 1.21 bits per heavy atom. The van der Waals surface area contributed by atoms with E-state index in [4.69, 9.17) is 0 Å². The van der Waals surface area contributed by atoms with Crippen LogP contribution in [0.15, 0.2) is 61.4 Å². The van der Waals surface area contributed by atoms with Crippen molar-refractivity contribution in [1.29, 1.82) is 0 Å². The molecule has 0 saturated carbocycles. The highest BCUT2D eigenvalue weighted by Crippen LogP contribution is 2.19. The minimum atomic E-state index is -0.245. The van der Waals surface area contributed by atoms with E-state index in [1.165, 1.54) is 0 Å². The molecule has 0 saturated heterocycles. The van der Waals surface area contributed by atoms with Gasteiger partial charge in [-0.05, 0) is 42.7 Å². The van der Waals surface area contributed by atoms with Gasteiger partial charge in [-0.2, -0.15) is 11.8 Å². The second kappa shape index (κ2) is 8.22. The molecule has 4 rings (SSSR count). The van der Waals surface area contributed by atoms with Gasteiger partial charge in [-0.3, -0.25) is 13.8 Å². The number of pyridine rings is 2. The zero-order chi connectivity index (χ0) is 19.3. The maximum absolute atomic E-state index is 12.8. The molecular weight excluding hydrogens is 374 g/mol. The number of imidazole rings is 1. The standard InChI is InChI=1S/C19H19N7OS/c1-28-11-7-15(18-24-23-17-4-2-3-9-26(17)18)22-19(27)14-5-6-16(21-12-14)25-10-8-20-13-25/h2-6,8-10,12-13,15H,7,11H2,1H3,(H,22,27). The van der Waals surface area contributed by atoms with Crippen LogP contribution in [0.25, 0.3) is 11.5 Å². The molecule has 4 aromatic rings. The molecule has 1 N–H and O–H groups in total. The van der Waals surface area contributed by atoms with E-state index in [2.05, 4.69) is 25.5 Å². The van der Waals surface area contributed by atoms with Crippen LogP contribution in [0.1, 0.15) is 28.6 Å². The van der Waals surface area contributed by atoms with E-state index in [0.717, 1.165) is 23.6 Å². The first-order chi connectivity index (χ1) is 13.8. The summed E-state index contributed by atoms with van der Waals surface area (Å²) in [4.78, 5) is 21.2. The predicted octanol–water partition coefficient (Wildman–Crippen LogP) is 2.53. The van der Waals surface area contributed by atoms with Crippen LogP contribution >= 0.6 is 11.8 Å². The van der Waals surface area contributed by atoms with Crippen molar-refractivity contribution in [3.8, 4) is 5.82 Å². The summed E-state index contributed by atoms with van der Waals surface area (Å²) in [5.41, 5.74) is 1.25. The van der Waals surface area contributed by atoms with Gasteiger partial charge in [0.25, 0.3) is 5.91 Å². The van der Waals surface area contributed by atoms with Crippen molar-refractivity contribution in [2.45, 2.75) is 12.5 Å². The number of fused-ring (bicyclic) bond motifs is 1. The first-order valence-electron chi connectivity index (χ1n) is 8.80. The van der Waals surface area contributed by atoms with Crippen molar-refractivity contribution < 1.29 is 4.79 Å². The number of carbonyl (C=O) groups excluding carboxylic acids is 1. The molecule has 1 unspecified atom stereocenters. The molecule has 0 aliphatic rings. The van der Waals surface area contributed by atoms with Crippen molar-refractivity contribution in [1.82, 2.24) is 34.4 Å². The molecule has 0 aliphatic carbocycles. The van der Waals surface area contributed by atoms with Crippen molar-refractivity contribution in [3.63, 3.8) is 0 Å². The molecule has 4 heterocycles. The Hall–Kier alpha value is -3.20. The van der Waals surface area contributed by atoms with Gasteiger partial charge < -0.3 is 5.32 Å². The van der Waals surface area contributed by atoms with Gasteiger partial charge in [0, 0.05) is 24.8 Å². The van der Waals surface area contributed by atoms with Crippen LogP contribution in [0.2, 0.25) is 0 Å². The normalized spacial score (nSPS) is 12.2. The second-order valence-electron chi connectivity index (χ2n) is 6.17. The Morgan fingerprint density at radius 3 is 2.89 bits per heavy atom. The molecule has 0 spiro atoms. The molecular formula is C19H19N7OS. The highest BCUT2D eigenvalue weighted by molar-refractivity contribution is 7.98. The van der Waals surface area contributed by atoms with Crippen LogP contribution in [0, 0.1) is 0 Å². The molecule has 0 aromatic carbocycles. The lowest BCUT2D eigenvalue weighted by molar-refractivity contribution is 0.0933. The van der Waals surface area contributed by atoms with Gasteiger partial charge in [-0.15, -0.1) is 10.2 Å². The lowest BCUT2D eigenvalue weighted by Crippen LogP contribution is -2.30. The van der Waals surface area contributed by atoms with Gasteiger partial charge in [-0.25, -0.2) is 9.97 Å². The molecule has 1 amide bonds. The zero-order valence-electron chi connectivity index (χ0n) is 15.3. The van der Waals surface area contributed by atoms with E-state index in [0.29, 0.717) is 11.4 Å². The third kappa shape index (κ3) is 3.74. The van der Waals surface area contributed by atoms with Gasteiger partial charge in [0.2, 0.25) is 0 Å². The van der Waals surface area contributed by atoms with Gasteiger partial charge in [0.15, 0.2) is 11.5 Å². The molecule has 0 fully saturated rings. The lowest BCUT2D eigenvalue weighted by atomic mass is 10.2. The van der Waals surface area contributed by atoms with E-state index in [1.807, 2.05) is 35.1 Å². The molecule has 0 aliphatic heterocycles. The number of hydrogen-bond acceptors (Lipinski definition) is 6. The highest BCUT2D eigenvalue weighted by Gasteiger charge is 2.21. The first kappa shape index (κ1) is 18.2. The summed E-state index contributed by atoms with van der Waals surface area (Å²) in [7, 11) is 0. The maximum Gasteiger partial charge on any atom is 0.253 e. The summed E-state index contributed by atoms with van der Waals surface area (Å²) in [6.07, 6.45) is 11.4. The SMILES string of the molecule is CSCCC(NC(=O)c1ccc(-n2ccnc2)nc1)c1nnc2ccccn12. The van der Waals surface area contributed by atoms with Crippen molar-refractivity contribution in [3.05, 3.63) is 72.8 Å². The fourth-order valence-electron chi connectivity index (χ4n) is 2.91. The summed E-state index contributed by atoms with van der Waals surface area (Å²) in [5.74, 6) is 2.13. The van der Waals surface area contributed by atoms with Crippen LogP contribution in [-0.4, -0.2) is 47.0 Å². The Bertz CT molecular complexity index is 1060. The van der Waals surface area contributed by atoms with Crippen LogP contribution in [0.5, 0.6) is 0 Å². The molecule has 1 atom stereocenters. The topological polar surface area (TPSA) is 90.0 Å². The number of amides is 1. The monoisotopic (exact) mass is 393 g/mol. The smallest absolute Gasteiger partial charge is 0.253 e. The number of nitrogens with zero attached hydrogens (tertiary/aromatic N) is 6. The van der Waals surface area contributed by atoms with E-state index in [-0.39, 0.29) is 11.9 Å². The van der Waals surface area contributed by atoms with Crippen LogP contribution in [-0.2, 0) is 0 Å². The van der Waals surface area contributed by atoms with E-state index >= 15 is 0 Å². The number of aromatic nitrogens is 6. The Labute approximate surface area is 166 Å². The highest BCUT2D eigenvalue weighted by atomic mass is 32.2. The van der Waals surface area contributed by atoms with Gasteiger partial charge >= 0.3 is 0 Å². The second-order valence-corrected chi connectivity index (χ2v) is 7.16. The van der Waals surface area contributed by atoms with Crippen LogP contribution in [0.4, 0.5) is 0 Å². The average Bonchev–Trinajstić information content (AvgIpc) is 3.41. The zero-order valence-corrected chi connectivity index (χ0v) is 16.1. The minimum absolute atomic E-state index is 0.191. The fourth-order valence-corrected chi connectivity index (χ4v) is 3.38. The number of carbonyl (C=O) groups is 1. The Kier molecular flexibility index (Phi) is 5.34. The third-order valence-corrected chi connectivity index (χ3v) is 4.99. The summed E-state index contributed by atoms with van der Waals surface area (Å²) < 4.78 is 3.69. The van der Waals surface area contributed by atoms with E-state index < -0.39 is 0 Å². The Morgan fingerprint density at radius 2 is 2.14 bits per heavy atom. The molecule has 0 bridgehead atoms.